The zero-order valence-corrected chi connectivity index (χ0v) is 13.5. The number of aryl methyl sites for hydroxylation is 2. The maximum atomic E-state index is 12.3. The standard InChI is InChI=1S/C16H16N6O2/c1-9-12(8-17)15(22(2)21-9)19-20-16(23)14-7-10-6-11(24-3)4-5-13(10)18-14/h4-7,18-19H,1-3H3,(H,20,23). The van der Waals surface area contributed by atoms with Gasteiger partial charge in [0, 0.05) is 18.0 Å². The third-order valence-corrected chi connectivity index (χ3v) is 3.70. The number of aromatic nitrogens is 3. The predicted molar refractivity (Wildman–Crippen MR) is 88.6 cm³/mol. The van der Waals surface area contributed by atoms with Crippen molar-refractivity contribution in [3.63, 3.8) is 0 Å². The highest BCUT2D eigenvalue weighted by atomic mass is 16.5. The highest BCUT2D eigenvalue weighted by Gasteiger charge is 2.15. The molecule has 122 valence electrons. The van der Waals surface area contributed by atoms with E-state index in [1.165, 1.54) is 4.68 Å². The fraction of sp³-hybridized carbons (Fsp3) is 0.188. The number of fused-ring (bicyclic) bond motifs is 1. The third-order valence-electron chi connectivity index (χ3n) is 3.70. The molecule has 3 N–H and O–H groups in total. The van der Waals surface area contributed by atoms with Gasteiger partial charge in [0.05, 0.1) is 12.8 Å². The van der Waals surface area contributed by atoms with Crippen molar-refractivity contribution >= 4 is 22.6 Å². The summed E-state index contributed by atoms with van der Waals surface area (Å²) in [5.41, 5.74) is 7.52. The number of amides is 1. The number of ether oxygens (including phenoxy) is 1. The van der Waals surface area contributed by atoms with E-state index in [1.807, 2.05) is 18.2 Å². The zero-order chi connectivity index (χ0) is 17.3. The minimum Gasteiger partial charge on any atom is -0.497 e. The molecule has 0 aliphatic rings. The van der Waals surface area contributed by atoms with Gasteiger partial charge < -0.3 is 9.72 Å². The van der Waals surface area contributed by atoms with E-state index < -0.39 is 0 Å². The molecule has 0 atom stereocenters. The summed E-state index contributed by atoms with van der Waals surface area (Å²) < 4.78 is 6.68. The van der Waals surface area contributed by atoms with Crippen LogP contribution in [0.5, 0.6) is 5.75 Å². The Balaban J connectivity index is 1.80. The van der Waals surface area contributed by atoms with Gasteiger partial charge in [-0.2, -0.15) is 10.4 Å². The maximum absolute atomic E-state index is 12.3. The first-order valence-electron chi connectivity index (χ1n) is 7.20. The number of nitrogens with zero attached hydrogens (tertiary/aromatic N) is 3. The van der Waals surface area contributed by atoms with Crippen LogP contribution in [0.1, 0.15) is 21.7 Å². The molecule has 0 radical (unpaired) electrons. The highest BCUT2D eigenvalue weighted by molar-refractivity contribution is 5.98. The summed E-state index contributed by atoms with van der Waals surface area (Å²) in [7, 11) is 3.28. The van der Waals surface area contributed by atoms with E-state index in [9.17, 15) is 4.79 Å². The number of hydrogen-bond acceptors (Lipinski definition) is 5. The van der Waals surface area contributed by atoms with Crippen LogP contribution < -0.4 is 15.6 Å². The molecule has 3 rings (SSSR count). The number of carbonyl (C=O) groups excluding carboxylic acids is 1. The van der Waals surface area contributed by atoms with Gasteiger partial charge in [-0.3, -0.25) is 20.3 Å². The van der Waals surface area contributed by atoms with E-state index in [4.69, 9.17) is 10.00 Å². The Morgan fingerprint density at radius 3 is 2.92 bits per heavy atom. The number of hydrazine groups is 1. The van der Waals surface area contributed by atoms with Gasteiger partial charge in [0.1, 0.15) is 23.1 Å². The summed E-state index contributed by atoms with van der Waals surface area (Å²) in [6, 6.07) is 9.30. The van der Waals surface area contributed by atoms with Crippen LogP contribution in [0.25, 0.3) is 10.9 Å². The Kier molecular flexibility index (Phi) is 3.83. The Morgan fingerprint density at radius 2 is 2.21 bits per heavy atom. The molecule has 0 fully saturated rings. The van der Waals surface area contributed by atoms with Crippen molar-refractivity contribution in [3.8, 4) is 11.8 Å². The molecule has 0 saturated heterocycles. The molecule has 0 saturated carbocycles. The number of rotatable bonds is 4. The molecule has 24 heavy (non-hydrogen) atoms. The molecule has 0 spiro atoms. The van der Waals surface area contributed by atoms with Crippen LogP contribution in [0.2, 0.25) is 0 Å². The number of anilines is 1. The fourth-order valence-electron chi connectivity index (χ4n) is 2.48. The van der Waals surface area contributed by atoms with Crippen LogP contribution in [0.4, 0.5) is 5.82 Å². The van der Waals surface area contributed by atoms with Crippen LogP contribution in [0.3, 0.4) is 0 Å². The van der Waals surface area contributed by atoms with E-state index >= 15 is 0 Å². The molecule has 3 aromatic rings. The Bertz CT molecular complexity index is 963. The lowest BCUT2D eigenvalue weighted by atomic mass is 10.2. The lowest BCUT2D eigenvalue weighted by molar-refractivity contribution is 0.0958. The number of benzene rings is 1. The molecule has 1 aromatic carbocycles. The topological polar surface area (TPSA) is 108 Å². The number of methoxy groups -OCH3 is 1. The normalized spacial score (nSPS) is 10.4. The zero-order valence-electron chi connectivity index (χ0n) is 13.5. The van der Waals surface area contributed by atoms with Gasteiger partial charge in [0.2, 0.25) is 0 Å². The van der Waals surface area contributed by atoms with E-state index in [0.29, 0.717) is 22.8 Å². The van der Waals surface area contributed by atoms with E-state index in [2.05, 4.69) is 27.0 Å². The number of H-pyrrole nitrogens is 1. The van der Waals surface area contributed by atoms with E-state index in [0.717, 1.165) is 16.7 Å². The molecular formula is C16H16N6O2. The maximum Gasteiger partial charge on any atom is 0.286 e. The Labute approximate surface area is 138 Å². The van der Waals surface area contributed by atoms with Gasteiger partial charge in [-0.15, -0.1) is 0 Å². The third kappa shape index (κ3) is 2.63. The van der Waals surface area contributed by atoms with Gasteiger partial charge in [-0.1, -0.05) is 0 Å². The fourth-order valence-corrected chi connectivity index (χ4v) is 2.48. The molecule has 8 heteroatoms. The van der Waals surface area contributed by atoms with Crippen molar-refractivity contribution in [2.45, 2.75) is 6.92 Å². The van der Waals surface area contributed by atoms with Crippen LogP contribution in [0.15, 0.2) is 24.3 Å². The monoisotopic (exact) mass is 324 g/mol. The van der Waals surface area contributed by atoms with Gasteiger partial charge in [0.25, 0.3) is 5.91 Å². The molecule has 2 aromatic heterocycles. The lowest BCUT2D eigenvalue weighted by Gasteiger charge is -2.07. The van der Waals surface area contributed by atoms with Crippen molar-refractivity contribution in [1.82, 2.24) is 20.2 Å². The molecule has 8 nitrogen and oxygen atoms in total. The summed E-state index contributed by atoms with van der Waals surface area (Å²) in [5, 5.41) is 14.2. The van der Waals surface area contributed by atoms with Gasteiger partial charge in [-0.05, 0) is 31.2 Å². The van der Waals surface area contributed by atoms with E-state index in [-0.39, 0.29) is 5.91 Å². The Morgan fingerprint density at radius 1 is 1.42 bits per heavy atom. The second-order valence-electron chi connectivity index (χ2n) is 5.26. The van der Waals surface area contributed by atoms with Gasteiger partial charge >= 0.3 is 0 Å². The minimum atomic E-state index is -0.354. The largest absolute Gasteiger partial charge is 0.497 e. The van der Waals surface area contributed by atoms with Crippen molar-refractivity contribution in [2.75, 3.05) is 12.5 Å². The second kappa shape index (κ2) is 5.96. The molecule has 0 aliphatic carbocycles. The summed E-state index contributed by atoms with van der Waals surface area (Å²) in [6.07, 6.45) is 0. The smallest absolute Gasteiger partial charge is 0.286 e. The van der Waals surface area contributed by atoms with Crippen LogP contribution in [0, 0.1) is 18.3 Å². The predicted octanol–water partition coefficient (Wildman–Crippen LogP) is 1.85. The van der Waals surface area contributed by atoms with Crippen molar-refractivity contribution in [2.24, 2.45) is 7.05 Å². The summed E-state index contributed by atoms with van der Waals surface area (Å²) in [6.45, 7) is 1.73. The number of carbonyl (C=O) groups is 1. The van der Waals surface area contributed by atoms with Crippen molar-refractivity contribution in [1.29, 1.82) is 5.26 Å². The first-order chi connectivity index (χ1) is 11.5. The van der Waals surface area contributed by atoms with Crippen LogP contribution >= 0.6 is 0 Å². The average molecular weight is 324 g/mol. The number of hydrogen-bond donors (Lipinski definition) is 3. The summed E-state index contributed by atoms with van der Waals surface area (Å²) in [4.78, 5) is 15.3. The molecule has 0 bridgehead atoms. The second-order valence-corrected chi connectivity index (χ2v) is 5.26. The summed E-state index contributed by atoms with van der Waals surface area (Å²) in [5.74, 6) is 0.796. The van der Waals surface area contributed by atoms with Gasteiger partial charge in [-0.25, -0.2) is 0 Å². The molecule has 1 amide bonds. The Hall–Kier alpha value is -3.47. The molecule has 0 aliphatic heterocycles. The summed E-state index contributed by atoms with van der Waals surface area (Å²) >= 11 is 0. The van der Waals surface area contributed by atoms with Crippen LogP contribution in [-0.2, 0) is 7.05 Å². The lowest BCUT2D eigenvalue weighted by Crippen LogP contribution is -2.31. The first-order valence-corrected chi connectivity index (χ1v) is 7.20. The number of aromatic amines is 1. The number of nitriles is 1. The van der Waals surface area contributed by atoms with Crippen molar-refractivity contribution < 1.29 is 9.53 Å². The average Bonchev–Trinajstić information content (AvgIpc) is 3.11. The van der Waals surface area contributed by atoms with Gasteiger partial charge in [0.15, 0.2) is 5.82 Å². The van der Waals surface area contributed by atoms with E-state index in [1.54, 1.807) is 27.1 Å². The number of nitrogens with one attached hydrogen (secondary N) is 3. The molecular weight excluding hydrogens is 308 g/mol. The molecule has 0 unspecified atom stereocenters. The van der Waals surface area contributed by atoms with Crippen LogP contribution in [-0.4, -0.2) is 27.8 Å². The molecule has 2 heterocycles. The quantitative estimate of drug-likeness (QED) is 0.635. The van der Waals surface area contributed by atoms with Crippen molar-refractivity contribution in [3.05, 3.63) is 41.2 Å². The SMILES string of the molecule is COc1ccc2[nH]c(C(=O)NNc3c(C#N)c(C)nn3C)cc2c1. The highest BCUT2D eigenvalue weighted by Crippen LogP contribution is 2.21. The minimum absolute atomic E-state index is 0.354. The first kappa shape index (κ1) is 15.4.